The van der Waals surface area contributed by atoms with Crippen molar-refractivity contribution in [1.82, 2.24) is 10.6 Å². The summed E-state index contributed by atoms with van der Waals surface area (Å²) in [6.45, 7) is 4.25. The van der Waals surface area contributed by atoms with Crippen molar-refractivity contribution >= 4 is 23.6 Å². The number of esters is 1. The first kappa shape index (κ1) is 24.5. The van der Waals surface area contributed by atoms with Gasteiger partial charge in [-0.1, -0.05) is 49.2 Å². The highest BCUT2D eigenvalue weighted by Crippen LogP contribution is 2.40. The maximum absolute atomic E-state index is 13.0. The Hall–Kier alpha value is -3.19. The second kappa shape index (κ2) is 11.6. The smallest absolute Gasteiger partial charge is 0.338 e. The van der Waals surface area contributed by atoms with Crippen LogP contribution < -0.4 is 20.1 Å². The molecule has 0 saturated carbocycles. The first-order valence-corrected chi connectivity index (χ1v) is 11.4. The van der Waals surface area contributed by atoms with Crippen molar-refractivity contribution in [2.24, 2.45) is 0 Å². The Kier molecular flexibility index (Phi) is 8.60. The predicted molar refractivity (Wildman–Crippen MR) is 126 cm³/mol. The number of benzene rings is 2. The van der Waals surface area contributed by atoms with Crippen LogP contribution in [0.3, 0.4) is 0 Å². The van der Waals surface area contributed by atoms with Crippen molar-refractivity contribution in [2.45, 2.75) is 45.8 Å². The number of amides is 2. The molecule has 8 heteroatoms. The van der Waals surface area contributed by atoms with E-state index in [0.29, 0.717) is 39.8 Å². The number of methoxy groups -OCH3 is 1. The third-order valence-electron chi connectivity index (χ3n) is 5.24. The summed E-state index contributed by atoms with van der Waals surface area (Å²) in [5.74, 6) is 0.439. The summed E-state index contributed by atoms with van der Waals surface area (Å²) < 4.78 is 17.0. The van der Waals surface area contributed by atoms with Gasteiger partial charge in [-0.15, -0.1) is 0 Å². The number of carbonyl (C=O) groups is 2. The summed E-state index contributed by atoms with van der Waals surface area (Å²) in [4.78, 5) is 25.5. The Morgan fingerprint density at radius 2 is 1.94 bits per heavy atom. The summed E-state index contributed by atoms with van der Waals surface area (Å²) in [5.41, 5.74) is 2.40. The first-order chi connectivity index (χ1) is 16.0. The monoisotopic (exact) mass is 472 g/mol. The SMILES string of the molecule is CCCCC1=C(C(=O)OCC)C(c2cccc(OC)c2OCc2cccc(Cl)c2)NC(=O)N1. The van der Waals surface area contributed by atoms with E-state index < -0.39 is 12.0 Å². The average molecular weight is 473 g/mol. The molecule has 176 valence electrons. The van der Waals surface area contributed by atoms with Crippen LogP contribution in [0.4, 0.5) is 4.79 Å². The van der Waals surface area contributed by atoms with Gasteiger partial charge >= 0.3 is 12.0 Å². The fourth-order valence-electron chi connectivity index (χ4n) is 3.71. The molecule has 0 aromatic heterocycles. The molecule has 1 aliphatic rings. The zero-order chi connectivity index (χ0) is 23.8. The Balaban J connectivity index is 2.06. The minimum atomic E-state index is -0.755. The topological polar surface area (TPSA) is 85.9 Å². The molecule has 1 unspecified atom stereocenters. The van der Waals surface area contributed by atoms with Gasteiger partial charge in [-0.25, -0.2) is 9.59 Å². The minimum absolute atomic E-state index is 0.223. The summed E-state index contributed by atoms with van der Waals surface area (Å²) in [5, 5.41) is 6.26. The van der Waals surface area contributed by atoms with Crippen LogP contribution in [0.1, 0.15) is 50.3 Å². The van der Waals surface area contributed by atoms with Crippen LogP contribution in [0.2, 0.25) is 5.02 Å². The molecule has 2 aromatic carbocycles. The van der Waals surface area contributed by atoms with Gasteiger partial charge in [0.25, 0.3) is 0 Å². The lowest BCUT2D eigenvalue weighted by molar-refractivity contribution is -0.139. The Morgan fingerprint density at radius 1 is 1.15 bits per heavy atom. The Bertz CT molecular complexity index is 1040. The fraction of sp³-hybridized carbons (Fsp3) is 0.360. The number of allylic oxidation sites excluding steroid dienone is 1. The normalized spacial score (nSPS) is 15.5. The molecule has 1 heterocycles. The third-order valence-corrected chi connectivity index (χ3v) is 5.48. The van der Waals surface area contributed by atoms with E-state index in [0.717, 1.165) is 18.4 Å². The van der Waals surface area contributed by atoms with Gasteiger partial charge < -0.3 is 24.8 Å². The van der Waals surface area contributed by atoms with Gasteiger partial charge in [0.05, 0.1) is 25.3 Å². The molecular formula is C25H29ClN2O5. The molecule has 2 aromatic rings. The van der Waals surface area contributed by atoms with Crippen LogP contribution in [-0.4, -0.2) is 25.7 Å². The number of hydrogen-bond acceptors (Lipinski definition) is 5. The number of halogens is 1. The lowest BCUT2D eigenvalue weighted by atomic mass is 9.92. The van der Waals surface area contributed by atoms with E-state index in [1.54, 1.807) is 32.2 Å². The van der Waals surface area contributed by atoms with Crippen molar-refractivity contribution in [2.75, 3.05) is 13.7 Å². The van der Waals surface area contributed by atoms with Crippen molar-refractivity contribution in [3.63, 3.8) is 0 Å². The molecular weight excluding hydrogens is 444 g/mol. The Labute approximate surface area is 199 Å². The summed E-state index contributed by atoms with van der Waals surface area (Å²) in [6.07, 6.45) is 2.29. The van der Waals surface area contributed by atoms with E-state index >= 15 is 0 Å². The average Bonchev–Trinajstić information content (AvgIpc) is 2.80. The minimum Gasteiger partial charge on any atom is -0.493 e. The van der Waals surface area contributed by atoms with Gasteiger partial charge in [0.2, 0.25) is 0 Å². The molecule has 0 spiro atoms. The van der Waals surface area contributed by atoms with Crippen LogP contribution in [0, 0.1) is 0 Å². The van der Waals surface area contributed by atoms with E-state index in [-0.39, 0.29) is 19.2 Å². The second-order valence-electron chi connectivity index (χ2n) is 7.54. The standard InChI is InChI=1S/C25H29ClN2O5/c1-4-6-12-19-21(24(29)32-5-2)22(28-25(30)27-19)18-11-8-13-20(31-3)23(18)33-15-16-9-7-10-17(26)14-16/h7-11,13-14,22H,4-6,12,15H2,1-3H3,(H2,27,28,30). The van der Waals surface area contributed by atoms with Crippen LogP contribution in [0.15, 0.2) is 53.7 Å². The lowest BCUT2D eigenvalue weighted by Gasteiger charge is -2.30. The number of rotatable bonds is 10. The van der Waals surface area contributed by atoms with E-state index in [9.17, 15) is 9.59 Å². The van der Waals surface area contributed by atoms with Crippen molar-refractivity contribution in [3.05, 3.63) is 69.9 Å². The zero-order valence-corrected chi connectivity index (χ0v) is 19.8. The maximum atomic E-state index is 13.0. The molecule has 0 fully saturated rings. The van der Waals surface area contributed by atoms with Crippen LogP contribution in [0.5, 0.6) is 11.5 Å². The molecule has 7 nitrogen and oxygen atoms in total. The second-order valence-corrected chi connectivity index (χ2v) is 7.98. The number of carbonyl (C=O) groups excluding carboxylic acids is 2. The molecule has 1 atom stereocenters. The predicted octanol–water partition coefficient (Wildman–Crippen LogP) is 5.29. The molecule has 3 rings (SSSR count). The van der Waals surface area contributed by atoms with Crippen molar-refractivity contribution in [1.29, 1.82) is 0 Å². The molecule has 1 aliphatic heterocycles. The highest BCUT2D eigenvalue weighted by Gasteiger charge is 2.35. The van der Waals surface area contributed by atoms with Gasteiger partial charge in [0.1, 0.15) is 6.61 Å². The third kappa shape index (κ3) is 5.99. The highest BCUT2D eigenvalue weighted by atomic mass is 35.5. The van der Waals surface area contributed by atoms with Crippen LogP contribution in [-0.2, 0) is 16.1 Å². The largest absolute Gasteiger partial charge is 0.493 e. The van der Waals surface area contributed by atoms with Gasteiger partial charge in [0.15, 0.2) is 11.5 Å². The van der Waals surface area contributed by atoms with E-state index in [1.165, 1.54) is 0 Å². The van der Waals surface area contributed by atoms with Crippen LogP contribution >= 0.6 is 11.6 Å². The molecule has 0 radical (unpaired) electrons. The fourth-order valence-corrected chi connectivity index (χ4v) is 3.92. The Morgan fingerprint density at radius 3 is 2.64 bits per heavy atom. The quantitative estimate of drug-likeness (QED) is 0.459. The summed E-state index contributed by atoms with van der Waals surface area (Å²) in [7, 11) is 1.54. The van der Waals surface area contributed by atoms with E-state index in [1.807, 2.05) is 24.3 Å². The number of nitrogens with one attached hydrogen (secondary N) is 2. The molecule has 2 amide bonds. The number of unbranched alkanes of at least 4 members (excludes halogenated alkanes) is 1. The van der Waals surface area contributed by atoms with E-state index in [2.05, 4.69) is 17.6 Å². The number of ether oxygens (including phenoxy) is 3. The van der Waals surface area contributed by atoms with Crippen molar-refractivity contribution < 1.29 is 23.8 Å². The summed E-state index contributed by atoms with van der Waals surface area (Å²) >= 11 is 6.10. The summed E-state index contributed by atoms with van der Waals surface area (Å²) in [6, 6.07) is 11.6. The first-order valence-electron chi connectivity index (χ1n) is 11.0. The van der Waals surface area contributed by atoms with Gasteiger partial charge in [-0.05, 0) is 43.5 Å². The zero-order valence-electron chi connectivity index (χ0n) is 19.1. The highest BCUT2D eigenvalue weighted by molar-refractivity contribution is 6.30. The molecule has 0 aliphatic carbocycles. The van der Waals surface area contributed by atoms with Crippen LogP contribution in [0.25, 0.3) is 0 Å². The van der Waals surface area contributed by atoms with Gasteiger partial charge in [0, 0.05) is 16.3 Å². The van der Waals surface area contributed by atoms with Gasteiger partial charge in [-0.2, -0.15) is 0 Å². The molecule has 0 bridgehead atoms. The number of urea groups is 1. The van der Waals surface area contributed by atoms with Gasteiger partial charge in [-0.3, -0.25) is 0 Å². The number of hydrogen-bond donors (Lipinski definition) is 2. The molecule has 2 N–H and O–H groups in total. The number of para-hydroxylation sites is 1. The van der Waals surface area contributed by atoms with Crippen molar-refractivity contribution in [3.8, 4) is 11.5 Å². The van der Waals surface area contributed by atoms with E-state index in [4.69, 9.17) is 25.8 Å². The lowest BCUT2D eigenvalue weighted by Crippen LogP contribution is -2.46. The maximum Gasteiger partial charge on any atom is 0.338 e. The molecule has 33 heavy (non-hydrogen) atoms. The molecule has 0 saturated heterocycles.